The van der Waals surface area contributed by atoms with Crippen molar-refractivity contribution in [1.29, 1.82) is 0 Å². The molecule has 18 heavy (non-hydrogen) atoms. The molecule has 0 spiro atoms. The molecular formula is C13H24N2O3. The van der Waals surface area contributed by atoms with E-state index in [0.29, 0.717) is 12.5 Å². The van der Waals surface area contributed by atoms with Crippen LogP contribution in [0, 0.1) is 5.92 Å². The Labute approximate surface area is 109 Å². The predicted octanol–water partition coefficient (Wildman–Crippen LogP) is 2.07. The fraction of sp³-hybridized carbons (Fsp3) is 0.846. The molecule has 2 amide bonds. The van der Waals surface area contributed by atoms with Crippen molar-refractivity contribution >= 4 is 12.0 Å². The minimum Gasteiger partial charge on any atom is -0.480 e. The fourth-order valence-electron chi connectivity index (χ4n) is 2.29. The Bertz CT molecular complexity index is 304. The van der Waals surface area contributed by atoms with Crippen LogP contribution in [0.2, 0.25) is 0 Å². The quantitative estimate of drug-likeness (QED) is 0.809. The third-order valence-corrected chi connectivity index (χ3v) is 3.36. The van der Waals surface area contributed by atoms with E-state index < -0.39 is 11.5 Å². The summed E-state index contributed by atoms with van der Waals surface area (Å²) >= 11 is 0. The zero-order chi connectivity index (χ0) is 13.8. The van der Waals surface area contributed by atoms with E-state index in [1.54, 1.807) is 0 Å². The molecule has 0 aromatic carbocycles. The fourth-order valence-corrected chi connectivity index (χ4v) is 2.29. The highest BCUT2D eigenvalue weighted by Gasteiger charge is 2.28. The Hall–Kier alpha value is -1.26. The van der Waals surface area contributed by atoms with Gasteiger partial charge in [-0.2, -0.15) is 0 Å². The number of aliphatic carboxylic acids is 1. The largest absolute Gasteiger partial charge is 0.480 e. The smallest absolute Gasteiger partial charge is 0.323 e. The molecule has 5 nitrogen and oxygen atoms in total. The van der Waals surface area contributed by atoms with Crippen LogP contribution in [0.1, 0.15) is 46.5 Å². The van der Waals surface area contributed by atoms with Gasteiger partial charge in [-0.15, -0.1) is 0 Å². The Morgan fingerprint density at radius 1 is 1.28 bits per heavy atom. The number of nitrogens with zero attached hydrogens (tertiary/aromatic N) is 1. The van der Waals surface area contributed by atoms with Crippen molar-refractivity contribution in [2.75, 3.05) is 13.1 Å². The van der Waals surface area contributed by atoms with Gasteiger partial charge in [0.2, 0.25) is 0 Å². The summed E-state index contributed by atoms with van der Waals surface area (Å²) in [4.78, 5) is 24.2. The monoisotopic (exact) mass is 256 g/mol. The van der Waals surface area contributed by atoms with Crippen LogP contribution in [-0.4, -0.2) is 40.6 Å². The minimum absolute atomic E-state index is 0.264. The van der Waals surface area contributed by atoms with E-state index in [1.807, 2.05) is 20.8 Å². The SMILES string of the molecule is CC(C)(C)N(CC(=O)O)C(=O)NCC1CCCC1. The second-order valence-corrected chi connectivity index (χ2v) is 5.99. The lowest BCUT2D eigenvalue weighted by molar-refractivity contribution is -0.138. The maximum Gasteiger partial charge on any atom is 0.323 e. The first-order valence-corrected chi connectivity index (χ1v) is 6.58. The molecule has 1 aliphatic rings. The van der Waals surface area contributed by atoms with E-state index in [2.05, 4.69) is 5.32 Å². The average Bonchev–Trinajstić information content (AvgIpc) is 2.73. The van der Waals surface area contributed by atoms with Crippen molar-refractivity contribution in [3.8, 4) is 0 Å². The second-order valence-electron chi connectivity index (χ2n) is 5.99. The average molecular weight is 256 g/mol. The Morgan fingerprint density at radius 3 is 2.28 bits per heavy atom. The van der Waals surface area contributed by atoms with Crippen molar-refractivity contribution in [2.24, 2.45) is 5.92 Å². The summed E-state index contributed by atoms with van der Waals surface area (Å²) in [7, 11) is 0. The van der Waals surface area contributed by atoms with E-state index in [0.717, 1.165) is 12.8 Å². The van der Waals surface area contributed by atoms with Crippen LogP contribution in [-0.2, 0) is 4.79 Å². The molecule has 2 N–H and O–H groups in total. The van der Waals surface area contributed by atoms with Gasteiger partial charge in [-0.1, -0.05) is 12.8 Å². The number of hydrogen-bond acceptors (Lipinski definition) is 2. The van der Waals surface area contributed by atoms with E-state index in [9.17, 15) is 9.59 Å². The molecule has 1 fully saturated rings. The highest BCUT2D eigenvalue weighted by molar-refractivity contribution is 5.80. The standard InChI is InChI=1S/C13H24N2O3/c1-13(2,3)15(9-11(16)17)12(18)14-8-10-6-4-5-7-10/h10H,4-9H2,1-3H3,(H,14,18)(H,16,17). The maximum atomic E-state index is 12.0. The predicted molar refractivity (Wildman–Crippen MR) is 69.5 cm³/mol. The lowest BCUT2D eigenvalue weighted by Crippen LogP contribution is -2.53. The molecule has 5 heteroatoms. The third kappa shape index (κ3) is 4.55. The number of urea groups is 1. The second kappa shape index (κ2) is 6.07. The zero-order valence-corrected chi connectivity index (χ0v) is 11.5. The third-order valence-electron chi connectivity index (χ3n) is 3.36. The molecular weight excluding hydrogens is 232 g/mol. The van der Waals surface area contributed by atoms with Crippen LogP contribution in [0.4, 0.5) is 4.79 Å². The van der Waals surface area contributed by atoms with Gasteiger partial charge in [0, 0.05) is 12.1 Å². The van der Waals surface area contributed by atoms with Gasteiger partial charge in [0.25, 0.3) is 0 Å². The zero-order valence-electron chi connectivity index (χ0n) is 11.5. The van der Waals surface area contributed by atoms with Crippen LogP contribution in [0.3, 0.4) is 0 Å². The van der Waals surface area contributed by atoms with Gasteiger partial charge in [0.1, 0.15) is 6.54 Å². The van der Waals surface area contributed by atoms with Gasteiger partial charge >= 0.3 is 12.0 Å². The van der Waals surface area contributed by atoms with Crippen molar-refractivity contribution in [2.45, 2.75) is 52.0 Å². The molecule has 1 aliphatic carbocycles. The van der Waals surface area contributed by atoms with Crippen LogP contribution >= 0.6 is 0 Å². The molecule has 0 aromatic rings. The van der Waals surface area contributed by atoms with E-state index >= 15 is 0 Å². The van der Waals surface area contributed by atoms with Crippen LogP contribution in [0.25, 0.3) is 0 Å². The van der Waals surface area contributed by atoms with Crippen molar-refractivity contribution in [1.82, 2.24) is 10.2 Å². The molecule has 0 bridgehead atoms. The first kappa shape index (κ1) is 14.8. The molecule has 0 saturated heterocycles. The summed E-state index contributed by atoms with van der Waals surface area (Å²) in [6.45, 7) is 5.91. The van der Waals surface area contributed by atoms with Crippen LogP contribution < -0.4 is 5.32 Å². The number of carboxylic acid groups (broad SMARTS) is 1. The highest BCUT2D eigenvalue weighted by atomic mass is 16.4. The number of carboxylic acids is 1. The lowest BCUT2D eigenvalue weighted by atomic mass is 10.1. The first-order chi connectivity index (χ1) is 8.30. The van der Waals surface area contributed by atoms with Crippen molar-refractivity contribution in [3.05, 3.63) is 0 Å². The summed E-state index contributed by atoms with van der Waals surface area (Å²) in [5, 5.41) is 11.7. The summed E-state index contributed by atoms with van der Waals surface area (Å²) in [5.74, 6) is -0.429. The van der Waals surface area contributed by atoms with Gasteiger partial charge in [0.15, 0.2) is 0 Å². The summed E-state index contributed by atoms with van der Waals surface area (Å²) in [5.41, 5.74) is -0.488. The van der Waals surface area contributed by atoms with Crippen molar-refractivity contribution in [3.63, 3.8) is 0 Å². The molecule has 0 atom stereocenters. The maximum absolute atomic E-state index is 12.0. The number of amides is 2. The molecule has 1 rings (SSSR count). The van der Waals surface area contributed by atoms with E-state index in [-0.39, 0.29) is 12.6 Å². The molecule has 0 unspecified atom stereocenters. The number of carbonyl (C=O) groups excluding carboxylic acids is 1. The molecule has 0 radical (unpaired) electrons. The van der Waals surface area contributed by atoms with E-state index in [4.69, 9.17) is 5.11 Å². The van der Waals surface area contributed by atoms with Crippen LogP contribution in [0.15, 0.2) is 0 Å². The van der Waals surface area contributed by atoms with Crippen molar-refractivity contribution < 1.29 is 14.7 Å². The van der Waals surface area contributed by atoms with Gasteiger partial charge in [0.05, 0.1) is 0 Å². The number of carbonyl (C=O) groups is 2. The number of nitrogens with one attached hydrogen (secondary N) is 1. The molecule has 0 aliphatic heterocycles. The Balaban J connectivity index is 2.50. The van der Waals surface area contributed by atoms with E-state index in [1.165, 1.54) is 17.7 Å². The lowest BCUT2D eigenvalue weighted by Gasteiger charge is -2.34. The van der Waals surface area contributed by atoms with Gasteiger partial charge < -0.3 is 15.3 Å². The van der Waals surface area contributed by atoms with Crippen LogP contribution in [0.5, 0.6) is 0 Å². The van der Waals surface area contributed by atoms with Gasteiger partial charge in [-0.3, -0.25) is 4.79 Å². The first-order valence-electron chi connectivity index (χ1n) is 6.58. The molecule has 1 saturated carbocycles. The Kier molecular flexibility index (Phi) is 4.99. The molecule has 104 valence electrons. The normalized spacial score (nSPS) is 16.6. The molecule has 0 aromatic heterocycles. The van der Waals surface area contributed by atoms with Gasteiger partial charge in [-0.05, 0) is 39.5 Å². The molecule has 0 heterocycles. The number of rotatable bonds is 4. The summed E-state index contributed by atoms with van der Waals surface area (Å²) < 4.78 is 0. The minimum atomic E-state index is -0.985. The summed E-state index contributed by atoms with van der Waals surface area (Å²) in [6.07, 6.45) is 4.79. The topological polar surface area (TPSA) is 69.6 Å². The van der Waals surface area contributed by atoms with Gasteiger partial charge in [-0.25, -0.2) is 4.79 Å². The highest BCUT2D eigenvalue weighted by Crippen LogP contribution is 2.24. The summed E-state index contributed by atoms with van der Waals surface area (Å²) in [6, 6.07) is -0.281. The number of hydrogen-bond donors (Lipinski definition) is 2. The Morgan fingerprint density at radius 2 is 1.83 bits per heavy atom.